The van der Waals surface area contributed by atoms with Crippen molar-refractivity contribution in [2.45, 2.75) is 37.4 Å². The van der Waals surface area contributed by atoms with Gasteiger partial charge in [0.2, 0.25) is 0 Å². The van der Waals surface area contributed by atoms with Crippen molar-refractivity contribution in [2.75, 3.05) is 0 Å². The first kappa shape index (κ1) is 14.4. The fourth-order valence-corrected chi connectivity index (χ4v) is 4.71. The molecule has 2 saturated heterocycles. The van der Waals surface area contributed by atoms with Crippen LogP contribution >= 0.6 is 34.3 Å². The van der Waals surface area contributed by atoms with E-state index in [2.05, 4.69) is 15.6 Å². The number of carbonyl (C=O) groups excluding carboxylic acids is 1. The summed E-state index contributed by atoms with van der Waals surface area (Å²) >= 11 is 8.41. The van der Waals surface area contributed by atoms with Gasteiger partial charge in [-0.25, -0.2) is 0 Å². The lowest BCUT2D eigenvalue weighted by molar-refractivity contribution is 0.0935. The Morgan fingerprint density at radius 1 is 1.45 bits per heavy atom. The minimum atomic E-state index is -0.0311. The summed E-state index contributed by atoms with van der Waals surface area (Å²) in [6.07, 6.45) is 3.41. The first-order valence-corrected chi connectivity index (χ1v) is 9.20. The highest BCUT2D eigenvalue weighted by Gasteiger charge is 2.39. The van der Waals surface area contributed by atoms with E-state index in [9.17, 15) is 4.79 Å². The van der Waals surface area contributed by atoms with Gasteiger partial charge < -0.3 is 15.4 Å². The van der Waals surface area contributed by atoms with E-state index >= 15 is 0 Å². The van der Waals surface area contributed by atoms with E-state index in [-0.39, 0.29) is 11.9 Å². The second-order valence-electron chi connectivity index (χ2n) is 5.52. The largest absolute Gasteiger partial charge is 0.420 e. The maximum atomic E-state index is 12.3. The highest BCUT2D eigenvalue weighted by atomic mass is 35.5. The average Bonchev–Trinajstić information content (AvgIpc) is 3.24. The Hall–Kier alpha value is -1.15. The molecule has 2 aromatic rings. The molecule has 2 fully saturated rings. The van der Waals surface area contributed by atoms with Crippen LogP contribution in [0.2, 0.25) is 5.15 Å². The maximum Gasteiger partial charge on any atom is 0.280 e. The molecule has 2 aromatic heterocycles. The zero-order chi connectivity index (χ0) is 15.1. The van der Waals surface area contributed by atoms with Crippen molar-refractivity contribution < 1.29 is 9.53 Å². The van der Waals surface area contributed by atoms with Crippen molar-refractivity contribution in [2.24, 2.45) is 0 Å². The molecular formula is C14H14ClN3O2S2. The molecule has 0 spiro atoms. The monoisotopic (exact) mass is 355 g/mol. The van der Waals surface area contributed by atoms with Crippen LogP contribution in [0.3, 0.4) is 0 Å². The molecule has 0 aliphatic carbocycles. The number of aromatic nitrogens is 1. The summed E-state index contributed by atoms with van der Waals surface area (Å²) in [6.45, 7) is 0. The molecule has 0 radical (unpaired) electrons. The molecule has 116 valence electrons. The summed E-state index contributed by atoms with van der Waals surface area (Å²) in [6, 6.07) is 4.82. The summed E-state index contributed by atoms with van der Waals surface area (Å²) in [7, 11) is 0. The molecule has 2 aliphatic rings. The number of halogens is 1. The second-order valence-corrected chi connectivity index (χ2v) is 7.77. The van der Waals surface area contributed by atoms with Crippen LogP contribution in [0.25, 0.3) is 0 Å². The number of rotatable bonds is 4. The number of hydrogen-bond acceptors (Lipinski definition) is 6. The van der Waals surface area contributed by atoms with Gasteiger partial charge in [0, 0.05) is 23.5 Å². The second kappa shape index (κ2) is 5.81. The van der Waals surface area contributed by atoms with E-state index in [1.165, 1.54) is 29.1 Å². The molecule has 3 atom stereocenters. The normalized spacial score (nSPS) is 26.3. The Labute approximate surface area is 140 Å². The zero-order valence-electron chi connectivity index (χ0n) is 11.5. The van der Waals surface area contributed by atoms with Gasteiger partial charge in [-0.3, -0.25) is 4.79 Å². The summed E-state index contributed by atoms with van der Waals surface area (Å²) < 4.78 is 5.60. The topological polar surface area (TPSA) is 63.2 Å². The molecule has 2 aliphatic heterocycles. The minimum absolute atomic E-state index is 0.0311. The third kappa shape index (κ3) is 2.86. The van der Waals surface area contributed by atoms with Gasteiger partial charge in [-0.15, -0.1) is 0 Å². The van der Waals surface area contributed by atoms with E-state index in [4.69, 9.17) is 16.3 Å². The molecule has 22 heavy (non-hydrogen) atoms. The van der Waals surface area contributed by atoms with Gasteiger partial charge in [0.25, 0.3) is 11.1 Å². The van der Waals surface area contributed by atoms with Crippen LogP contribution in [0.15, 0.2) is 17.5 Å². The number of thiophene rings is 1. The van der Waals surface area contributed by atoms with Gasteiger partial charge in [-0.1, -0.05) is 34.3 Å². The Balaban J connectivity index is 1.39. The van der Waals surface area contributed by atoms with Crippen LogP contribution in [-0.2, 0) is 0 Å². The van der Waals surface area contributed by atoms with E-state index < -0.39 is 0 Å². The fourth-order valence-electron chi connectivity index (χ4n) is 3.09. The van der Waals surface area contributed by atoms with Gasteiger partial charge in [0.05, 0.1) is 4.88 Å². The lowest BCUT2D eigenvalue weighted by Crippen LogP contribution is -2.42. The van der Waals surface area contributed by atoms with E-state index in [0.29, 0.717) is 32.4 Å². The van der Waals surface area contributed by atoms with Gasteiger partial charge in [0.15, 0.2) is 5.06 Å². The van der Waals surface area contributed by atoms with E-state index in [0.717, 1.165) is 12.8 Å². The molecular weight excluding hydrogens is 342 g/mol. The van der Waals surface area contributed by atoms with Crippen LogP contribution < -0.4 is 15.4 Å². The lowest BCUT2D eigenvalue weighted by atomic mass is 9.95. The number of hydrogen-bond donors (Lipinski definition) is 2. The van der Waals surface area contributed by atoms with Crippen LogP contribution in [-0.4, -0.2) is 29.0 Å². The smallest absolute Gasteiger partial charge is 0.280 e. The van der Waals surface area contributed by atoms with Crippen molar-refractivity contribution in [3.8, 4) is 10.3 Å². The van der Waals surface area contributed by atoms with Crippen LogP contribution in [0.4, 0.5) is 0 Å². The predicted octanol–water partition coefficient (Wildman–Crippen LogP) is 3.27. The minimum Gasteiger partial charge on any atom is -0.420 e. The van der Waals surface area contributed by atoms with Gasteiger partial charge in [0.1, 0.15) is 5.15 Å². The quantitative estimate of drug-likeness (QED) is 0.883. The molecule has 5 nitrogen and oxygen atoms in total. The SMILES string of the molecule is O=C(N[C@@H]1C[C@H]2CC[C@@H]1N2)c1ccc(Oc2nc(Cl)cs2)s1. The molecule has 0 unspecified atom stereocenters. The van der Waals surface area contributed by atoms with E-state index in [1.807, 2.05) is 0 Å². The Morgan fingerprint density at radius 2 is 2.36 bits per heavy atom. The summed E-state index contributed by atoms with van der Waals surface area (Å²) in [5, 5.41) is 9.89. The molecule has 0 saturated carbocycles. The zero-order valence-corrected chi connectivity index (χ0v) is 13.9. The number of carbonyl (C=O) groups is 1. The maximum absolute atomic E-state index is 12.3. The van der Waals surface area contributed by atoms with Crippen molar-refractivity contribution in [3.05, 3.63) is 27.5 Å². The predicted molar refractivity (Wildman–Crippen MR) is 87.3 cm³/mol. The first-order chi connectivity index (χ1) is 10.7. The van der Waals surface area contributed by atoms with Gasteiger partial charge >= 0.3 is 0 Å². The number of thiazole rings is 1. The van der Waals surface area contributed by atoms with Crippen LogP contribution in [0.1, 0.15) is 28.9 Å². The van der Waals surface area contributed by atoms with E-state index in [1.54, 1.807) is 17.5 Å². The third-order valence-corrected chi connectivity index (χ3v) is 6.07. The van der Waals surface area contributed by atoms with Crippen LogP contribution in [0.5, 0.6) is 10.3 Å². The van der Waals surface area contributed by atoms with Gasteiger partial charge in [-0.05, 0) is 31.4 Å². The Kier molecular flexibility index (Phi) is 3.81. The van der Waals surface area contributed by atoms with Crippen LogP contribution in [0, 0.1) is 0 Å². The van der Waals surface area contributed by atoms with Crippen molar-refractivity contribution in [1.82, 2.24) is 15.6 Å². The number of nitrogens with zero attached hydrogens (tertiary/aromatic N) is 1. The summed E-state index contributed by atoms with van der Waals surface area (Å²) in [5.74, 6) is -0.0311. The van der Waals surface area contributed by atoms with Crippen molar-refractivity contribution in [3.63, 3.8) is 0 Å². The highest BCUT2D eigenvalue weighted by molar-refractivity contribution is 7.16. The number of amides is 1. The molecule has 4 rings (SSSR count). The van der Waals surface area contributed by atoms with Crippen molar-refractivity contribution >= 4 is 40.2 Å². The molecule has 2 bridgehead atoms. The lowest BCUT2D eigenvalue weighted by Gasteiger charge is -2.20. The summed E-state index contributed by atoms with van der Waals surface area (Å²) in [5.41, 5.74) is 0. The molecule has 1 amide bonds. The highest BCUT2D eigenvalue weighted by Crippen LogP contribution is 2.33. The van der Waals surface area contributed by atoms with Crippen molar-refractivity contribution in [1.29, 1.82) is 0 Å². The Morgan fingerprint density at radius 3 is 3.05 bits per heavy atom. The molecule has 2 N–H and O–H groups in total. The third-order valence-electron chi connectivity index (χ3n) is 4.06. The first-order valence-electron chi connectivity index (χ1n) is 7.13. The summed E-state index contributed by atoms with van der Waals surface area (Å²) in [4.78, 5) is 17.0. The number of fused-ring (bicyclic) bond motifs is 2. The Bertz CT molecular complexity index is 702. The molecule has 8 heteroatoms. The molecule has 4 heterocycles. The number of nitrogens with one attached hydrogen (secondary N) is 2. The molecule has 0 aromatic carbocycles. The fraction of sp³-hybridized carbons (Fsp3) is 0.429. The standard InChI is InChI=1S/C14H14ClN3O2S2/c15-11-6-21-14(18-11)20-12-4-3-10(22-12)13(19)17-9-5-7-1-2-8(9)16-7/h3-4,6-9,16H,1-2,5H2,(H,17,19)/t7-,8+,9-/m1/s1. The average molecular weight is 356 g/mol. The number of ether oxygens (including phenoxy) is 1. The van der Waals surface area contributed by atoms with Gasteiger partial charge in [-0.2, -0.15) is 4.98 Å².